The zero-order valence-electron chi connectivity index (χ0n) is 53.8. The van der Waals surface area contributed by atoms with E-state index in [2.05, 4.69) is 104 Å². The molecule has 0 spiro atoms. The van der Waals surface area contributed by atoms with Gasteiger partial charge in [0.25, 0.3) is 0 Å². The van der Waals surface area contributed by atoms with Crippen LogP contribution in [0.4, 0.5) is 0 Å². The number of unbranched alkanes of at least 4 members (excludes halogenated alkanes) is 28. The quantitative estimate of drug-likeness (QED) is 0.0204. The van der Waals surface area contributed by atoms with Crippen molar-refractivity contribution in [3.8, 4) is 0 Å². The van der Waals surface area contributed by atoms with Crippen molar-refractivity contribution in [1.82, 2.24) is 5.32 Å². The molecule has 2 fully saturated rings. The van der Waals surface area contributed by atoms with Gasteiger partial charge in [0.2, 0.25) is 5.91 Å². The number of amides is 1. The Morgan fingerprint density at radius 3 is 1.28 bits per heavy atom. The summed E-state index contributed by atoms with van der Waals surface area (Å²) in [6, 6.07) is -0.941. The van der Waals surface area contributed by atoms with E-state index in [1.165, 1.54) is 148 Å². The number of carbonyl (C=O) groups excluding carboxylic acids is 1. The summed E-state index contributed by atoms with van der Waals surface area (Å²) < 4.78 is 22.8. The van der Waals surface area contributed by atoms with Crippen LogP contribution in [-0.2, 0) is 23.7 Å². The second kappa shape index (κ2) is 55.9. The first-order chi connectivity index (χ1) is 42.1. The van der Waals surface area contributed by atoms with Gasteiger partial charge in [-0.25, -0.2) is 0 Å². The Balaban J connectivity index is 1.71. The molecule has 0 bridgehead atoms. The Kier molecular flexibility index (Phi) is 51.4. The van der Waals surface area contributed by atoms with Crippen molar-refractivity contribution in [2.24, 2.45) is 0 Å². The molecule has 2 heterocycles. The van der Waals surface area contributed by atoms with Crippen LogP contribution in [0, 0.1) is 0 Å². The highest BCUT2D eigenvalue weighted by Crippen LogP contribution is 2.30. The molecular weight excluding hydrogens is 1090 g/mol. The van der Waals surface area contributed by atoms with E-state index >= 15 is 0 Å². The average molecular weight is 1210 g/mol. The van der Waals surface area contributed by atoms with Gasteiger partial charge in [0, 0.05) is 6.42 Å². The number of ether oxygens (including phenoxy) is 4. The molecule has 2 saturated heterocycles. The van der Waals surface area contributed by atoms with Gasteiger partial charge in [0.1, 0.15) is 48.8 Å². The van der Waals surface area contributed by atoms with Gasteiger partial charge in [0.15, 0.2) is 12.6 Å². The number of aliphatic hydroxyl groups is 8. The Morgan fingerprint density at radius 1 is 0.430 bits per heavy atom. The maximum atomic E-state index is 13.3. The fourth-order valence-corrected chi connectivity index (χ4v) is 10.8. The minimum absolute atomic E-state index is 0.256. The molecule has 2 aliphatic heterocycles. The number of rotatable bonds is 55. The third-order valence-electron chi connectivity index (χ3n) is 16.3. The molecule has 14 nitrogen and oxygen atoms in total. The summed E-state index contributed by atoms with van der Waals surface area (Å²) in [6.45, 7) is 2.68. The minimum Gasteiger partial charge on any atom is -0.394 e. The van der Waals surface area contributed by atoms with E-state index < -0.39 is 86.8 Å². The zero-order valence-corrected chi connectivity index (χ0v) is 53.8. The Labute approximate surface area is 522 Å². The summed E-state index contributed by atoms with van der Waals surface area (Å²) in [4.78, 5) is 13.3. The molecule has 14 heteroatoms. The van der Waals surface area contributed by atoms with E-state index in [1.807, 2.05) is 6.08 Å². The van der Waals surface area contributed by atoms with Crippen LogP contribution in [0.2, 0.25) is 0 Å². The maximum Gasteiger partial charge on any atom is 0.220 e. The van der Waals surface area contributed by atoms with E-state index in [-0.39, 0.29) is 18.9 Å². The van der Waals surface area contributed by atoms with Gasteiger partial charge in [-0.3, -0.25) is 4.79 Å². The van der Waals surface area contributed by atoms with E-state index in [0.29, 0.717) is 12.8 Å². The Bertz CT molecular complexity index is 1810. The number of hydrogen-bond acceptors (Lipinski definition) is 13. The molecule has 0 aromatic rings. The van der Waals surface area contributed by atoms with Crippen molar-refractivity contribution < 1.29 is 64.6 Å². The number of hydrogen-bond donors (Lipinski definition) is 9. The van der Waals surface area contributed by atoms with Crippen molar-refractivity contribution in [2.75, 3.05) is 19.8 Å². The summed E-state index contributed by atoms with van der Waals surface area (Å²) in [5.74, 6) is -0.256. The monoisotopic (exact) mass is 1210 g/mol. The van der Waals surface area contributed by atoms with Crippen LogP contribution in [0.5, 0.6) is 0 Å². The molecular formula is C72H125NO13. The largest absolute Gasteiger partial charge is 0.394 e. The first-order valence-corrected chi connectivity index (χ1v) is 34.5. The van der Waals surface area contributed by atoms with Gasteiger partial charge in [-0.2, -0.15) is 0 Å². The number of aliphatic hydroxyl groups excluding tert-OH is 8. The molecule has 0 aromatic heterocycles. The molecule has 9 N–H and O–H groups in total. The third kappa shape index (κ3) is 39.8. The van der Waals surface area contributed by atoms with Crippen molar-refractivity contribution >= 4 is 5.91 Å². The Hall–Kier alpha value is -3.09. The van der Waals surface area contributed by atoms with Gasteiger partial charge >= 0.3 is 0 Å². The van der Waals surface area contributed by atoms with E-state index in [1.54, 1.807) is 6.08 Å². The van der Waals surface area contributed by atoms with Crippen LogP contribution in [0.1, 0.15) is 258 Å². The third-order valence-corrected chi connectivity index (χ3v) is 16.3. The van der Waals surface area contributed by atoms with Gasteiger partial charge < -0.3 is 65.1 Å². The molecule has 496 valence electrons. The smallest absolute Gasteiger partial charge is 0.220 e. The summed E-state index contributed by atoms with van der Waals surface area (Å²) in [6.07, 6.45) is 61.6. The predicted molar refractivity (Wildman–Crippen MR) is 350 cm³/mol. The zero-order chi connectivity index (χ0) is 62.3. The first kappa shape index (κ1) is 79.0. The van der Waals surface area contributed by atoms with E-state index in [0.717, 1.165) is 77.0 Å². The van der Waals surface area contributed by atoms with Crippen molar-refractivity contribution in [2.45, 2.75) is 331 Å². The second-order valence-corrected chi connectivity index (χ2v) is 23.9. The number of nitrogens with one attached hydrogen (secondary N) is 1. The highest BCUT2D eigenvalue weighted by atomic mass is 16.7. The fourth-order valence-electron chi connectivity index (χ4n) is 10.8. The Morgan fingerprint density at radius 2 is 0.814 bits per heavy atom. The molecule has 0 aliphatic carbocycles. The second-order valence-electron chi connectivity index (χ2n) is 23.9. The van der Waals surface area contributed by atoms with Crippen molar-refractivity contribution in [3.05, 3.63) is 97.2 Å². The molecule has 0 radical (unpaired) electrons. The molecule has 12 atom stereocenters. The predicted octanol–water partition coefficient (Wildman–Crippen LogP) is 13.8. The van der Waals surface area contributed by atoms with E-state index in [4.69, 9.17) is 18.9 Å². The number of allylic oxidation sites excluding steroid dienone is 15. The standard InChI is InChI=1S/C72H125NO13/c1-3-5-7-9-11-13-15-17-19-21-23-25-27-28-29-30-31-32-34-36-38-40-42-44-46-48-50-52-54-56-64(77)73-60(59-83-71-69(82)67(80)70(63(58-75)85-71)86-72-68(81)66(79)65(78)62(57-74)84-72)61(76)55-53-51-49-47-45-43-41-39-37-35-33-26-24-22-20-18-16-14-12-10-8-6-4-2/h5,7,11,13,17,19,23,25,28-29,31-32,45,47,53,55,60-63,65-72,74-76,78-82H,3-4,6,8-10,12,14-16,18,20-22,24,26-27,30,33-44,46,48-52,54,56-59H2,1-2H3,(H,73,77)/b7-5-,13-11-,19-17-,25-23-,29-28-,32-31-,47-45+,55-53+. The van der Waals surface area contributed by atoms with Crippen LogP contribution < -0.4 is 5.32 Å². The van der Waals surface area contributed by atoms with Gasteiger partial charge in [0.05, 0.1) is 32.0 Å². The van der Waals surface area contributed by atoms with E-state index in [9.17, 15) is 45.6 Å². The maximum absolute atomic E-state index is 13.3. The fraction of sp³-hybridized carbons (Fsp3) is 0.764. The average Bonchev–Trinajstić information content (AvgIpc) is 2.53. The van der Waals surface area contributed by atoms with Gasteiger partial charge in [-0.1, -0.05) is 265 Å². The molecule has 12 unspecified atom stereocenters. The molecule has 2 rings (SSSR count). The topological polar surface area (TPSA) is 228 Å². The summed E-state index contributed by atoms with van der Waals surface area (Å²) in [7, 11) is 0. The minimum atomic E-state index is -1.80. The molecule has 0 aromatic carbocycles. The van der Waals surface area contributed by atoms with Crippen LogP contribution in [-0.4, -0.2) is 140 Å². The molecule has 1 amide bonds. The number of carbonyl (C=O) groups is 1. The van der Waals surface area contributed by atoms with Crippen LogP contribution >= 0.6 is 0 Å². The lowest BCUT2D eigenvalue weighted by Gasteiger charge is -2.46. The lowest BCUT2D eigenvalue weighted by Crippen LogP contribution is -2.65. The molecule has 0 saturated carbocycles. The summed E-state index contributed by atoms with van der Waals surface area (Å²) >= 11 is 0. The summed E-state index contributed by atoms with van der Waals surface area (Å²) in [5, 5.41) is 87.4. The van der Waals surface area contributed by atoms with Crippen molar-refractivity contribution in [1.29, 1.82) is 0 Å². The molecule has 2 aliphatic rings. The lowest BCUT2D eigenvalue weighted by atomic mass is 9.97. The van der Waals surface area contributed by atoms with Gasteiger partial charge in [-0.05, 0) is 83.5 Å². The van der Waals surface area contributed by atoms with Crippen LogP contribution in [0.15, 0.2) is 97.2 Å². The van der Waals surface area contributed by atoms with Crippen LogP contribution in [0.25, 0.3) is 0 Å². The SMILES string of the molecule is CC/C=C\C/C=C\C/C=C\C/C=C\C/C=C\C/C=C\CCCCCCCCCCCCC(=O)NC(COC1OC(CO)C(OC2OC(CO)C(O)C(O)C2O)C(O)C1O)C(O)/C=C/CC/C=C/CCCCCCCCCCCCCCCCCCC. The highest BCUT2D eigenvalue weighted by Gasteiger charge is 2.51. The van der Waals surface area contributed by atoms with Crippen molar-refractivity contribution in [3.63, 3.8) is 0 Å². The lowest BCUT2D eigenvalue weighted by molar-refractivity contribution is -0.359. The summed E-state index contributed by atoms with van der Waals surface area (Å²) in [5.41, 5.74) is 0. The molecule has 86 heavy (non-hydrogen) atoms. The highest BCUT2D eigenvalue weighted by molar-refractivity contribution is 5.76. The first-order valence-electron chi connectivity index (χ1n) is 34.5. The van der Waals surface area contributed by atoms with Crippen LogP contribution in [0.3, 0.4) is 0 Å². The normalized spacial score (nSPS) is 24.0. The van der Waals surface area contributed by atoms with Gasteiger partial charge in [-0.15, -0.1) is 0 Å².